The number of para-hydroxylation sites is 1. The fourth-order valence-electron chi connectivity index (χ4n) is 3.92. The second-order valence-electron chi connectivity index (χ2n) is 8.78. The first-order chi connectivity index (χ1) is 18.7. The third kappa shape index (κ3) is 6.44. The number of rotatable bonds is 9. The van der Waals surface area contributed by atoms with Crippen LogP contribution in [0.3, 0.4) is 0 Å². The van der Waals surface area contributed by atoms with Crippen molar-refractivity contribution in [2.24, 2.45) is 0 Å². The fourth-order valence-corrected chi connectivity index (χ4v) is 5.22. The summed E-state index contributed by atoms with van der Waals surface area (Å²) < 4.78 is 11.4. The predicted molar refractivity (Wildman–Crippen MR) is 156 cm³/mol. The molecule has 200 valence electrons. The van der Waals surface area contributed by atoms with E-state index in [0.717, 1.165) is 23.0 Å². The topological polar surface area (TPSA) is 111 Å². The average molecular weight is 564 g/mol. The molecule has 39 heavy (non-hydrogen) atoms. The van der Waals surface area contributed by atoms with Crippen LogP contribution >= 0.6 is 24.0 Å². The van der Waals surface area contributed by atoms with Gasteiger partial charge in [0.05, 0.1) is 22.6 Å². The number of anilines is 2. The van der Waals surface area contributed by atoms with Gasteiger partial charge < -0.3 is 14.8 Å². The molecule has 3 aromatic carbocycles. The standard InChI is InChI=1S/C28H25N3O6S2/c1-17(2)21-9-4-5-10-22(21)29-26(32)16-37-23-12-11-18(13-24(23)36-3)14-25-27(33)30(28(38)39-25)19-7-6-8-20(15-19)31(34)35/h4-15,17H,16H2,1-3H3,(H,29,32)/b25-14+. The molecule has 9 nitrogen and oxygen atoms in total. The monoisotopic (exact) mass is 563 g/mol. The summed E-state index contributed by atoms with van der Waals surface area (Å²) in [6.07, 6.45) is 1.65. The van der Waals surface area contributed by atoms with Crippen LogP contribution in [0.5, 0.6) is 11.5 Å². The lowest BCUT2D eigenvalue weighted by Crippen LogP contribution is -2.27. The number of carbonyl (C=O) groups is 2. The summed E-state index contributed by atoms with van der Waals surface area (Å²) in [7, 11) is 1.48. The number of ether oxygens (including phenoxy) is 2. The maximum Gasteiger partial charge on any atom is 0.271 e. The second kappa shape index (κ2) is 12.1. The van der Waals surface area contributed by atoms with Crippen molar-refractivity contribution in [1.82, 2.24) is 0 Å². The number of non-ortho nitro benzene ring substituents is 1. The molecule has 2 amide bonds. The molecule has 1 aliphatic rings. The number of hydrogen-bond acceptors (Lipinski definition) is 8. The number of carbonyl (C=O) groups excluding carboxylic acids is 2. The lowest BCUT2D eigenvalue weighted by atomic mass is 10.0. The number of nitrogens with one attached hydrogen (secondary N) is 1. The molecule has 0 radical (unpaired) electrons. The minimum absolute atomic E-state index is 0.135. The van der Waals surface area contributed by atoms with Crippen molar-refractivity contribution < 1.29 is 24.0 Å². The zero-order valence-electron chi connectivity index (χ0n) is 21.4. The number of amides is 2. The minimum Gasteiger partial charge on any atom is -0.493 e. The van der Waals surface area contributed by atoms with E-state index < -0.39 is 4.92 Å². The molecule has 0 atom stereocenters. The molecular weight excluding hydrogens is 538 g/mol. The van der Waals surface area contributed by atoms with E-state index in [2.05, 4.69) is 19.2 Å². The van der Waals surface area contributed by atoms with Crippen molar-refractivity contribution in [3.05, 3.63) is 92.9 Å². The summed E-state index contributed by atoms with van der Waals surface area (Å²) in [5, 5.41) is 14.0. The van der Waals surface area contributed by atoms with Crippen LogP contribution in [0, 0.1) is 10.1 Å². The van der Waals surface area contributed by atoms with E-state index in [1.165, 1.54) is 30.2 Å². The van der Waals surface area contributed by atoms with Gasteiger partial charge in [-0.3, -0.25) is 24.6 Å². The lowest BCUT2D eigenvalue weighted by molar-refractivity contribution is -0.384. The maximum atomic E-state index is 13.1. The van der Waals surface area contributed by atoms with Crippen LogP contribution < -0.4 is 19.7 Å². The zero-order valence-corrected chi connectivity index (χ0v) is 23.0. The molecule has 0 saturated carbocycles. The number of thiocarbonyl (C=S) groups is 1. The molecule has 0 aliphatic carbocycles. The lowest BCUT2D eigenvalue weighted by Gasteiger charge is -2.15. The van der Waals surface area contributed by atoms with E-state index in [1.54, 1.807) is 30.3 Å². The zero-order chi connectivity index (χ0) is 28.1. The van der Waals surface area contributed by atoms with E-state index in [1.807, 2.05) is 24.3 Å². The molecule has 0 aromatic heterocycles. The van der Waals surface area contributed by atoms with Crippen molar-refractivity contribution in [2.45, 2.75) is 19.8 Å². The molecule has 1 aliphatic heterocycles. The average Bonchev–Trinajstić information content (AvgIpc) is 3.20. The second-order valence-corrected chi connectivity index (χ2v) is 10.5. The number of methoxy groups -OCH3 is 1. The SMILES string of the molecule is COc1cc(/C=C2/SC(=S)N(c3cccc([N+](=O)[O-])c3)C2=O)ccc1OCC(=O)Nc1ccccc1C(C)C. The Kier molecular flexibility index (Phi) is 8.62. The van der Waals surface area contributed by atoms with Gasteiger partial charge in [0.1, 0.15) is 0 Å². The summed E-state index contributed by atoms with van der Waals surface area (Å²) in [6.45, 7) is 3.89. The molecule has 1 heterocycles. The van der Waals surface area contributed by atoms with Crippen molar-refractivity contribution in [3.8, 4) is 11.5 Å². The summed E-state index contributed by atoms with van der Waals surface area (Å²) in [4.78, 5) is 37.9. The smallest absolute Gasteiger partial charge is 0.271 e. The van der Waals surface area contributed by atoms with E-state index in [4.69, 9.17) is 21.7 Å². The Labute approximate surface area is 234 Å². The first-order valence-corrected chi connectivity index (χ1v) is 13.1. The Morgan fingerprint density at radius 1 is 1.13 bits per heavy atom. The molecule has 1 fully saturated rings. The Balaban J connectivity index is 1.46. The van der Waals surface area contributed by atoms with E-state index >= 15 is 0 Å². The van der Waals surface area contributed by atoms with Crippen LogP contribution in [0.1, 0.15) is 30.9 Å². The number of nitro groups is 1. The van der Waals surface area contributed by atoms with Crippen LogP contribution in [-0.2, 0) is 9.59 Å². The largest absolute Gasteiger partial charge is 0.493 e. The highest BCUT2D eigenvalue weighted by atomic mass is 32.2. The van der Waals surface area contributed by atoms with Crippen molar-refractivity contribution in [3.63, 3.8) is 0 Å². The third-order valence-electron chi connectivity index (χ3n) is 5.79. The molecule has 3 aromatic rings. The molecule has 1 N–H and O–H groups in total. The van der Waals surface area contributed by atoms with Crippen LogP contribution in [0.15, 0.2) is 71.6 Å². The summed E-state index contributed by atoms with van der Waals surface area (Å²) in [6, 6.07) is 18.4. The van der Waals surface area contributed by atoms with Gasteiger partial charge in [-0.15, -0.1) is 0 Å². The Hall–Kier alpha value is -4.22. The maximum absolute atomic E-state index is 13.1. The van der Waals surface area contributed by atoms with E-state index in [0.29, 0.717) is 27.7 Å². The fraction of sp³-hybridized carbons (Fsp3) is 0.179. The molecule has 11 heteroatoms. The van der Waals surface area contributed by atoms with Gasteiger partial charge in [-0.1, -0.05) is 68.2 Å². The number of nitrogens with zero attached hydrogens (tertiary/aromatic N) is 2. The Morgan fingerprint density at radius 2 is 1.90 bits per heavy atom. The first-order valence-electron chi connectivity index (χ1n) is 11.9. The van der Waals surface area contributed by atoms with Gasteiger partial charge in [-0.05, 0) is 47.4 Å². The molecular formula is C28H25N3O6S2. The first kappa shape index (κ1) is 27.8. The Bertz CT molecular complexity index is 1490. The Morgan fingerprint density at radius 3 is 2.62 bits per heavy atom. The van der Waals surface area contributed by atoms with Gasteiger partial charge in [0.15, 0.2) is 22.4 Å². The van der Waals surface area contributed by atoms with Crippen LogP contribution in [0.2, 0.25) is 0 Å². The van der Waals surface area contributed by atoms with Crippen LogP contribution in [-0.4, -0.2) is 34.8 Å². The molecule has 0 bridgehead atoms. The number of thioether (sulfide) groups is 1. The highest BCUT2D eigenvalue weighted by Gasteiger charge is 2.34. The summed E-state index contributed by atoms with van der Waals surface area (Å²) >= 11 is 6.47. The molecule has 4 rings (SSSR count). The number of hydrogen-bond donors (Lipinski definition) is 1. The van der Waals surface area contributed by atoms with E-state index in [-0.39, 0.29) is 34.3 Å². The highest BCUT2D eigenvalue weighted by molar-refractivity contribution is 8.27. The van der Waals surface area contributed by atoms with Gasteiger partial charge in [0, 0.05) is 17.8 Å². The normalized spacial score (nSPS) is 14.2. The molecule has 1 saturated heterocycles. The van der Waals surface area contributed by atoms with Crippen molar-refractivity contribution in [2.75, 3.05) is 23.9 Å². The van der Waals surface area contributed by atoms with Gasteiger partial charge in [-0.25, -0.2) is 0 Å². The van der Waals surface area contributed by atoms with Crippen molar-refractivity contribution in [1.29, 1.82) is 0 Å². The summed E-state index contributed by atoms with van der Waals surface area (Å²) in [5.41, 5.74) is 2.61. The quantitative estimate of drug-likeness (QED) is 0.143. The van der Waals surface area contributed by atoms with Gasteiger partial charge in [-0.2, -0.15) is 0 Å². The predicted octanol–water partition coefficient (Wildman–Crippen LogP) is 6.15. The minimum atomic E-state index is -0.527. The van der Waals surface area contributed by atoms with Crippen LogP contribution in [0.4, 0.5) is 17.1 Å². The number of benzene rings is 3. The highest BCUT2D eigenvalue weighted by Crippen LogP contribution is 2.38. The molecule has 0 unspecified atom stereocenters. The van der Waals surface area contributed by atoms with Crippen molar-refractivity contribution >= 4 is 63.3 Å². The number of nitro benzene ring substituents is 1. The molecule has 0 spiro atoms. The summed E-state index contributed by atoms with van der Waals surface area (Å²) in [5.74, 6) is 0.309. The van der Waals surface area contributed by atoms with Gasteiger partial charge in [0.2, 0.25) is 0 Å². The van der Waals surface area contributed by atoms with E-state index in [9.17, 15) is 19.7 Å². The van der Waals surface area contributed by atoms with Gasteiger partial charge >= 0.3 is 0 Å². The third-order valence-corrected chi connectivity index (χ3v) is 7.10. The van der Waals surface area contributed by atoms with Gasteiger partial charge in [0.25, 0.3) is 17.5 Å². The van der Waals surface area contributed by atoms with Crippen LogP contribution in [0.25, 0.3) is 6.08 Å².